The van der Waals surface area contributed by atoms with Gasteiger partial charge in [-0.05, 0) is 62.4 Å². The van der Waals surface area contributed by atoms with Gasteiger partial charge >= 0.3 is 5.97 Å². The summed E-state index contributed by atoms with van der Waals surface area (Å²) in [5, 5.41) is 12.6. The second-order valence-corrected chi connectivity index (χ2v) is 10.1. The van der Waals surface area contributed by atoms with E-state index < -0.39 is 5.97 Å². The van der Waals surface area contributed by atoms with Crippen LogP contribution in [0.15, 0.2) is 29.4 Å². The molecule has 0 unspecified atom stereocenters. The maximum Gasteiger partial charge on any atom is 0.341 e. The Labute approximate surface area is 206 Å². The Balaban J connectivity index is 1.49. The first-order valence-corrected chi connectivity index (χ1v) is 13.2. The van der Waals surface area contributed by atoms with Gasteiger partial charge in [0.05, 0.1) is 18.4 Å². The van der Waals surface area contributed by atoms with E-state index in [0.29, 0.717) is 28.1 Å². The number of benzene rings is 1. The molecule has 4 rings (SSSR count). The van der Waals surface area contributed by atoms with Gasteiger partial charge in [0.25, 0.3) is 0 Å². The first-order valence-electron chi connectivity index (χ1n) is 11.4. The van der Waals surface area contributed by atoms with Crippen molar-refractivity contribution in [1.29, 1.82) is 0 Å². The van der Waals surface area contributed by atoms with Crippen LogP contribution >= 0.6 is 23.1 Å². The first-order chi connectivity index (χ1) is 16.5. The molecule has 2 aromatic heterocycles. The molecular formula is C24H27FN4O3S2. The van der Waals surface area contributed by atoms with E-state index in [0.717, 1.165) is 48.1 Å². The van der Waals surface area contributed by atoms with Crippen molar-refractivity contribution in [2.45, 2.75) is 57.1 Å². The van der Waals surface area contributed by atoms with Gasteiger partial charge in [-0.15, -0.1) is 21.5 Å². The van der Waals surface area contributed by atoms with Crippen LogP contribution in [-0.4, -0.2) is 39.5 Å². The highest BCUT2D eigenvalue weighted by molar-refractivity contribution is 7.99. The summed E-state index contributed by atoms with van der Waals surface area (Å²) in [6, 6.07) is 6.08. The molecule has 1 aliphatic rings. The van der Waals surface area contributed by atoms with Gasteiger partial charge in [0, 0.05) is 17.0 Å². The van der Waals surface area contributed by atoms with Crippen molar-refractivity contribution in [3.63, 3.8) is 0 Å². The molecule has 2 heterocycles. The fourth-order valence-electron chi connectivity index (χ4n) is 4.11. The van der Waals surface area contributed by atoms with E-state index in [2.05, 4.69) is 15.5 Å². The second kappa shape index (κ2) is 11.1. The Hall–Kier alpha value is -2.72. The number of halogens is 1. The largest absolute Gasteiger partial charge is 0.465 e. The van der Waals surface area contributed by atoms with Gasteiger partial charge in [0.2, 0.25) is 5.91 Å². The number of rotatable bonds is 7. The molecule has 0 bridgehead atoms. The van der Waals surface area contributed by atoms with Crippen molar-refractivity contribution >= 4 is 40.0 Å². The van der Waals surface area contributed by atoms with Gasteiger partial charge in [-0.25, -0.2) is 9.18 Å². The zero-order valence-electron chi connectivity index (χ0n) is 19.2. The highest BCUT2D eigenvalue weighted by atomic mass is 32.2. The van der Waals surface area contributed by atoms with Crippen LogP contribution in [0.4, 0.5) is 9.39 Å². The number of aryl methyl sites for hydroxylation is 1. The number of anilines is 1. The molecule has 34 heavy (non-hydrogen) atoms. The van der Waals surface area contributed by atoms with Crippen molar-refractivity contribution in [2.24, 2.45) is 0 Å². The van der Waals surface area contributed by atoms with Crippen LogP contribution in [0.5, 0.6) is 0 Å². The summed E-state index contributed by atoms with van der Waals surface area (Å²) >= 11 is 2.75. The molecule has 0 fully saturated rings. The lowest BCUT2D eigenvalue weighted by Gasteiger charge is -2.11. The molecule has 7 nitrogen and oxygen atoms in total. The molecule has 0 atom stereocenters. The van der Waals surface area contributed by atoms with Gasteiger partial charge in [0.1, 0.15) is 10.8 Å². The third-order valence-corrected chi connectivity index (χ3v) is 7.96. The Morgan fingerprint density at radius 2 is 1.88 bits per heavy atom. The van der Waals surface area contributed by atoms with E-state index in [9.17, 15) is 14.0 Å². The highest BCUT2D eigenvalue weighted by Crippen LogP contribution is 2.37. The summed E-state index contributed by atoms with van der Waals surface area (Å²) in [5.74, 6) is -0.207. The second-order valence-electron chi connectivity index (χ2n) is 8.01. The highest BCUT2D eigenvalue weighted by Gasteiger charge is 2.26. The van der Waals surface area contributed by atoms with Crippen LogP contribution < -0.4 is 5.32 Å². The molecule has 180 valence electrons. The van der Waals surface area contributed by atoms with Crippen molar-refractivity contribution in [1.82, 2.24) is 14.8 Å². The number of aromatic nitrogens is 3. The Kier molecular flexibility index (Phi) is 7.99. The third kappa shape index (κ3) is 5.33. The Morgan fingerprint density at radius 3 is 2.59 bits per heavy atom. The van der Waals surface area contributed by atoms with Crippen LogP contribution in [0.2, 0.25) is 0 Å². The fourth-order valence-corrected chi connectivity index (χ4v) is 6.21. The predicted octanol–water partition coefficient (Wildman–Crippen LogP) is 5.34. The van der Waals surface area contributed by atoms with Crippen LogP contribution in [0, 0.1) is 5.82 Å². The summed E-state index contributed by atoms with van der Waals surface area (Å²) in [7, 11) is 1.37. The van der Waals surface area contributed by atoms with Crippen LogP contribution in [0.1, 0.15) is 53.4 Å². The maximum absolute atomic E-state index is 13.3. The number of ether oxygens (including phenoxy) is 1. The van der Waals surface area contributed by atoms with E-state index in [1.807, 2.05) is 11.5 Å². The molecule has 0 radical (unpaired) electrons. The summed E-state index contributed by atoms with van der Waals surface area (Å²) in [4.78, 5) is 26.6. The summed E-state index contributed by atoms with van der Waals surface area (Å²) < 4.78 is 20.2. The van der Waals surface area contributed by atoms with Gasteiger partial charge in [0.15, 0.2) is 11.0 Å². The fraction of sp³-hybridized carbons (Fsp3) is 0.417. The number of amides is 1. The number of hydrogen-bond donors (Lipinski definition) is 1. The minimum atomic E-state index is -0.407. The zero-order valence-corrected chi connectivity index (χ0v) is 20.9. The lowest BCUT2D eigenvalue weighted by atomic mass is 9.96. The number of nitrogens with one attached hydrogen (secondary N) is 1. The number of methoxy groups -OCH3 is 1. The van der Waals surface area contributed by atoms with Gasteiger partial charge in [-0.1, -0.05) is 24.6 Å². The first kappa shape index (κ1) is 24.4. The smallest absolute Gasteiger partial charge is 0.341 e. The number of thioether (sulfide) groups is 1. The summed E-state index contributed by atoms with van der Waals surface area (Å²) in [6.45, 7) is 2.57. The molecule has 3 aromatic rings. The average molecular weight is 503 g/mol. The molecule has 1 aliphatic carbocycles. The molecule has 0 aliphatic heterocycles. The lowest BCUT2D eigenvalue weighted by Crippen LogP contribution is -2.17. The van der Waals surface area contributed by atoms with E-state index in [1.165, 1.54) is 48.8 Å². The van der Waals surface area contributed by atoms with E-state index in [1.54, 1.807) is 12.1 Å². The summed E-state index contributed by atoms with van der Waals surface area (Å²) in [6.07, 6.45) is 6.18. The molecule has 0 spiro atoms. The molecule has 0 saturated carbocycles. The normalized spacial score (nSPS) is 13.6. The Morgan fingerprint density at radius 1 is 1.15 bits per heavy atom. The topological polar surface area (TPSA) is 86.1 Å². The van der Waals surface area contributed by atoms with Crippen molar-refractivity contribution in [3.05, 3.63) is 46.1 Å². The number of esters is 1. The minimum Gasteiger partial charge on any atom is -0.465 e. The number of carbonyl (C=O) groups excluding carboxylic acids is 2. The van der Waals surface area contributed by atoms with Gasteiger partial charge < -0.3 is 14.6 Å². The molecule has 0 saturated heterocycles. The molecule has 1 amide bonds. The van der Waals surface area contributed by atoms with Gasteiger partial charge in [-0.2, -0.15) is 0 Å². The molecule has 1 N–H and O–H groups in total. The van der Waals surface area contributed by atoms with Gasteiger partial charge in [-0.3, -0.25) is 4.79 Å². The van der Waals surface area contributed by atoms with Crippen molar-refractivity contribution < 1.29 is 18.7 Å². The van der Waals surface area contributed by atoms with Crippen LogP contribution in [0.25, 0.3) is 11.4 Å². The zero-order chi connectivity index (χ0) is 24.1. The van der Waals surface area contributed by atoms with E-state index in [-0.39, 0.29) is 17.5 Å². The predicted molar refractivity (Wildman–Crippen MR) is 132 cm³/mol. The number of nitrogens with zero attached hydrogens (tertiary/aromatic N) is 3. The molecule has 1 aromatic carbocycles. The Bertz CT molecular complexity index is 1170. The number of carbonyl (C=O) groups is 2. The summed E-state index contributed by atoms with van der Waals surface area (Å²) in [5.41, 5.74) is 2.28. The standard InChI is InChI=1S/C24H27FN4O3S2/c1-3-29-21(15-10-12-16(25)13-11-15)27-28-24(29)33-14-19(30)26-22-20(23(31)32-2)17-8-6-4-5-7-9-18(17)34-22/h10-13H,3-9,14H2,1-2H3,(H,26,30). The number of thiophene rings is 1. The maximum atomic E-state index is 13.3. The number of fused-ring (bicyclic) bond motifs is 1. The monoisotopic (exact) mass is 502 g/mol. The third-order valence-electron chi connectivity index (χ3n) is 5.78. The minimum absolute atomic E-state index is 0.116. The number of hydrogen-bond acceptors (Lipinski definition) is 7. The van der Waals surface area contributed by atoms with Crippen LogP contribution in [0.3, 0.4) is 0 Å². The quantitative estimate of drug-likeness (QED) is 0.347. The molecule has 10 heteroatoms. The average Bonchev–Trinajstić information content (AvgIpc) is 3.38. The molecular weight excluding hydrogens is 475 g/mol. The van der Waals surface area contributed by atoms with E-state index >= 15 is 0 Å². The van der Waals surface area contributed by atoms with Crippen LogP contribution in [-0.2, 0) is 28.9 Å². The SMILES string of the molecule is CCn1c(SCC(=O)Nc2sc3c(c2C(=O)OC)CCCCCC3)nnc1-c1ccc(F)cc1. The van der Waals surface area contributed by atoms with Crippen molar-refractivity contribution in [3.8, 4) is 11.4 Å². The van der Waals surface area contributed by atoms with E-state index in [4.69, 9.17) is 4.74 Å². The lowest BCUT2D eigenvalue weighted by molar-refractivity contribution is -0.113. The van der Waals surface area contributed by atoms with Crippen molar-refractivity contribution in [2.75, 3.05) is 18.2 Å².